The molecule has 0 atom stereocenters. The molecule has 0 unspecified atom stereocenters. The lowest BCUT2D eigenvalue weighted by Gasteiger charge is -2.08. The molecule has 1 aromatic heterocycles. The molecule has 8 heteroatoms. The van der Waals surface area contributed by atoms with E-state index in [2.05, 4.69) is 14.8 Å². The van der Waals surface area contributed by atoms with Gasteiger partial charge in [-0.25, -0.2) is 0 Å². The van der Waals surface area contributed by atoms with Gasteiger partial charge in [-0.15, -0.1) is 10.2 Å². The summed E-state index contributed by atoms with van der Waals surface area (Å²) >= 11 is 1.61. The van der Waals surface area contributed by atoms with Crippen LogP contribution >= 0.6 is 11.8 Å². The Labute approximate surface area is 144 Å². The second kappa shape index (κ2) is 7.65. The van der Waals surface area contributed by atoms with Crippen LogP contribution in [0.25, 0.3) is 0 Å². The summed E-state index contributed by atoms with van der Waals surface area (Å²) in [6, 6.07) is 5.02. The fraction of sp³-hybridized carbons (Fsp3) is 0.500. The van der Waals surface area contributed by atoms with E-state index in [0.29, 0.717) is 18.1 Å². The fourth-order valence-electron chi connectivity index (χ4n) is 2.78. The highest BCUT2D eigenvalue weighted by atomic mass is 32.2. The van der Waals surface area contributed by atoms with Crippen molar-refractivity contribution in [3.8, 4) is 5.75 Å². The number of nitro groups is 1. The Morgan fingerprint density at radius 2 is 2.21 bits per heavy atom. The highest BCUT2D eigenvalue weighted by molar-refractivity contribution is 7.98. The van der Waals surface area contributed by atoms with Crippen LogP contribution in [0, 0.1) is 10.1 Å². The molecular weight excluding hydrogens is 328 g/mol. The first-order valence-corrected chi connectivity index (χ1v) is 9.12. The largest absolute Gasteiger partial charge is 0.487 e. The van der Waals surface area contributed by atoms with E-state index in [1.54, 1.807) is 23.9 Å². The smallest absolute Gasteiger partial charge is 0.310 e. The van der Waals surface area contributed by atoms with Gasteiger partial charge in [-0.1, -0.05) is 24.2 Å². The Kier molecular flexibility index (Phi) is 5.34. The third-order valence-electron chi connectivity index (χ3n) is 3.96. The number of rotatable bonds is 6. The zero-order valence-electron chi connectivity index (χ0n) is 13.6. The van der Waals surface area contributed by atoms with E-state index >= 15 is 0 Å². The van der Waals surface area contributed by atoms with Gasteiger partial charge in [-0.2, -0.15) is 0 Å². The zero-order chi connectivity index (χ0) is 16.9. The Balaban J connectivity index is 1.74. The average molecular weight is 348 g/mol. The molecule has 0 saturated heterocycles. The average Bonchev–Trinajstić information content (AvgIpc) is 2.80. The second-order valence-electron chi connectivity index (χ2n) is 5.64. The number of ether oxygens (including phenoxy) is 1. The predicted molar refractivity (Wildman–Crippen MR) is 91.4 cm³/mol. The van der Waals surface area contributed by atoms with Crippen LogP contribution < -0.4 is 4.74 Å². The van der Waals surface area contributed by atoms with Gasteiger partial charge in [-0.05, 0) is 31.4 Å². The molecule has 24 heavy (non-hydrogen) atoms. The van der Waals surface area contributed by atoms with Crippen molar-refractivity contribution in [2.45, 2.75) is 50.1 Å². The standard InChI is InChI=1S/C16H20N4O3S/c1-2-23-14-10-12(7-8-13(14)20(21)22)11-24-16-18-17-15-6-4-3-5-9-19(15)16/h7-8,10H,2-6,9,11H2,1H3. The van der Waals surface area contributed by atoms with Crippen molar-refractivity contribution in [2.75, 3.05) is 6.61 Å². The van der Waals surface area contributed by atoms with Gasteiger partial charge in [0.1, 0.15) is 5.82 Å². The van der Waals surface area contributed by atoms with Crippen LogP contribution in [0.4, 0.5) is 5.69 Å². The van der Waals surface area contributed by atoms with E-state index in [9.17, 15) is 10.1 Å². The van der Waals surface area contributed by atoms with Gasteiger partial charge < -0.3 is 9.30 Å². The van der Waals surface area contributed by atoms with Crippen molar-refractivity contribution in [3.05, 3.63) is 39.7 Å². The van der Waals surface area contributed by atoms with Crippen LogP contribution in [-0.2, 0) is 18.7 Å². The summed E-state index contributed by atoms with van der Waals surface area (Å²) in [7, 11) is 0. The SMILES string of the molecule is CCOc1cc(CSc2nnc3n2CCCCC3)ccc1[N+](=O)[O-]. The van der Waals surface area contributed by atoms with Gasteiger partial charge in [0.2, 0.25) is 0 Å². The Hall–Kier alpha value is -2.09. The number of nitro benzene ring substituents is 1. The summed E-state index contributed by atoms with van der Waals surface area (Å²) in [5.41, 5.74) is 0.974. The molecule has 0 saturated carbocycles. The van der Waals surface area contributed by atoms with Gasteiger partial charge >= 0.3 is 5.69 Å². The maximum Gasteiger partial charge on any atom is 0.310 e. The summed E-state index contributed by atoms with van der Waals surface area (Å²) in [5.74, 6) is 2.06. The van der Waals surface area contributed by atoms with Crippen molar-refractivity contribution >= 4 is 17.4 Å². The molecule has 0 amide bonds. The molecule has 0 aliphatic carbocycles. The van der Waals surface area contributed by atoms with Gasteiger partial charge in [0.25, 0.3) is 0 Å². The number of benzene rings is 1. The van der Waals surface area contributed by atoms with Crippen molar-refractivity contribution in [3.63, 3.8) is 0 Å². The van der Waals surface area contributed by atoms with Crippen molar-refractivity contribution in [2.24, 2.45) is 0 Å². The number of aromatic nitrogens is 3. The third kappa shape index (κ3) is 3.69. The molecule has 0 radical (unpaired) electrons. The van der Waals surface area contributed by atoms with Crippen LogP contribution in [0.3, 0.4) is 0 Å². The zero-order valence-corrected chi connectivity index (χ0v) is 14.4. The molecule has 0 N–H and O–H groups in total. The molecular formula is C16H20N4O3S. The summed E-state index contributed by atoms with van der Waals surface area (Å²) in [6.45, 7) is 3.18. The maximum atomic E-state index is 11.0. The van der Waals surface area contributed by atoms with E-state index in [1.165, 1.54) is 18.9 Å². The molecule has 0 bridgehead atoms. The van der Waals surface area contributed by atoms with Crippen molar-refractivity contribution in [1.82, 2.24) is 14.8 Å². The molecule has 7 nitrogen and oxygen atoms in total. The first-order valence-electron chi connectivity index (χ1n) is 8.14. The number of thioether (sulfide) groups is 1. The quantitative estimate of drug-likeness (QED) is 0.450. The lowest BCUT2D eigenvalue weighted by molar-refractivity contribution is -0.385. The first-order chi connectivity index (χ1) is 11.7. The van der Waals surface area contributed by atoms with Crippen LogP contribution in [0.1, 0.15) is 37.6 Å². The predicted octanol–water partition coefficient (Wildman–Crippen LogP) is 3.60. The van der Waals surface area contributed by atoms with Crippen LogP contribution in [0.5, 0.6) is 5.75 Å². The number of aryl methyl sites for hydroxylation is 1. The molecule has 2 aromatic rings. The molecule has 128 valence electrons. The number of hydrogen-bond donors (Lipinski definition) is 0. The summed E-state index contributed by atoms with van der Waals surface area (Å²) in [6.07, 6.45) is 4.54. The molecule has 0 spiro atoms. The Morgan fingerprint density at radius 1 is 1.33 bits per heavy atom. The normalized spacial score (nSPS) is 14.0. The molecule has 3 rings (SSSR count). The monoisotopic (exact) mass is 348 g/mol. The van der Waals surface area contributed by atoms with Gasteiger partial charge in [0.05, 0.1) is 11.5 Å². The summed E-state index contributed by atoms with van der Waals surface area (Å²) < 4.78 is 7.60. The van der Waals surface area contributed by atoms with Crippen molar-refractivity contribution in [1.29, 1.82) is 0 Å². The van der Waals surface area contributed by atoms with Gasteiger partial charge in [-0.3, -0.25) is 10.1 Å². The highest BCUT2D eigenvalue weighted by Gasteiger charge is 2.17. The van der Waals surface area contributed by atoms with Crippen LogP contribution in [0.2, 0.25) is 0 Å². The number of hydrogen-bond acceptors (Lipinski definition) is 6. The maximum absolute atomic E-state index is 11.0. The Bertz CT molecular complexity index is 732. The highest BCUT2D eigenvalue weighted by Crippen LogP contribution is 2.31. The van der Waals surface area contributed by atoms with Crippen LogP contribution in [0.15, 0.2) is 23.4 Å². The molecule has 1 aliphatic rings. The summed E-state index contributed by atoms with van der Waals surface area (Å²) in [5, 5.41) is 20.6. The summed E-state index contributed by atoms with van der Waals surface area (Å²) in [4.78, 5) is 10.6. The molecule has 2 heterocycles. The van der Waals surface area contributed by atoms with E-state index < -0.39 is 4.92 Å². The van der Waals surface area contributed by atoms with Crippen LogP contribution in [-0.4, -0.2) is 26.3 Å². The van der Waals surface area contributed by atoms with Gasteiger partial charge in [0.15, 0.2) is 10.9 Å². The molecule has 1 aromatic carbocycles. The van der Waals surface area contributed by atoms with Gasteiger partial charge in [0, 0.05) is 24.8 Å². The van der Waals surface area contributed by atoms with E-state index in [-0.39, 0.29) is 5.69 Å². The van der Waals surface area contributed by atoms with E-state index in [1.807, 2.05) is 6.92 Å². The minimum Gasteiger partial charge on any atom is -0.487 e. The Morgan fingerprint density at radius 3 is 3.00 bits per heavy atom. The lowest BCUT2D eigenvalue weighted by atomic mass is 10.2. The van der Waals surface area contributed by atoms with E-state index in [0.717, 1.165) is 35.9 Å². The first kappa shape index (κ1) is 16.8. The number of nitrogens with zero attached hydrogens (tertiary/aromatic N) is 4. The minimum absolute atomic E-state index is 0.00180. The molecule has 0 fully saturated rings. The third-order valence-corrected chi connectivity index (χ3v) is 5.00. The minimum atomic E-state index is -0.416. The lowest BCUT2D eigenvalue weighted by Crippen LogP contribution is -2.02. The second-order valence-corrected chi connectivity index (χ2v) is 6.58. The fourth-order valence-corrected chi connectivity index (χ4v) is 3.71. The molecule has 1 aliphatic heterocycles. The topological polar surface area (TPSA) is 83.1 Å². The van der Waals surface area contributed by atoms with Crippen molar-refractivity contribution < 1.29 is 9.66 Å². The van der Waals surface area contributed by atoms with E-state index in [4.69, 9.17) is 4.74 Å². The number of fused-ring (bicyclic) bond motifs is 1.